The van der Waals surface area contributed by atoms with E-state index in [-0.39, 0.29) is 17.9 Å². The van der Waals surface area contributed by atoms with Crippen molar-refractivity contribution < 1.29 is 9.53 Å². The van der Waals surface area contributed by atoms with Gasteiger partial charge >= 0.3 is 0 Å². The van der Waals surface area contributed by atoms with E-state index in [0.29, 0.717) is 34.8 Å². The Hall–Kier alpha value is -2.79. The van der Waals surface area contributed by atoms with Crippen molar-refractivity contribution in [2.45, 2.75) is 19.8 Å². The number of carbonyl (C=O) groups is 1. The number of rotatable bonds is 6. The summed E-state index contributed by atoms with van der Waals surface area (Å²) < 4.78 is 5.32. The number of aryl methyl sites for hydroxylation is 1. The Morgan fingerprint density at radius 2 is 1.93 bits per heavy atom. The molecule has 2 N–H and O–H groups in total. The Bertz CT molecular complexity index is 1030. The maximum atomic E-state index is 12.4. The monoisotopic (exact) mass is 384 g/mol. The van der Waals surface area contributed by atoms with Crippen molar-refractivity contribution in [2.24, 2.45) is 0 Å². The summed E-state index contributed by atoms with van der Waals surface area (Å²) in [6, 6.07) is 12.8. The number of benzene rings is 2. The average molecular weight is 385 g/mol. The molecule has 0 atom stereocenters. The predicted molar refractivity (Wildman–Crippen MR) is 108 cm³/mol. The lowest BCUT2D eigenvalue weighted by Crippen LogP contribution is -2.28. The van der Waals surface area contributed by atoms with Gasteiger partial charge in [0.05, 0.1) is 19.0 Å². The number of pyridine rings is 1. The normalized spacial score (nSPS) is 10.8. The molecule has 0 saturated heterocycles. The predicted octanol–water partition coefficient (Wildman–Crippen LogP) is 3.40. The van der Waals surface area contributed by atoms with Gasteiger partial charge in [-0.1, -0.05) is 29.8 Å². The van der Waals surface area contributed by atoms with E-state index in [0.717, 1.165) is 16.5 Å². The molecule has 0 aliphatic heterocycles. The molecule has 3 rings (SSSR count). The zero-order valence-electron chi connectivity index (χ0n) is 15.3. The molecule has 0 bridgehead atoms. The van der Waals surface area contributed by atoms with Crippen LogP contribution in [-0.2, 0) is 17.6 Å². The van der Waals surface area contributed by atoms with Crippen LogP contribution in [0.25, 0.3) is 10.9 Å². The highest BCUT2D eigenvalue weighted by molar-refractivity contribution is 6.30. The number of hydrogen-bond donors (Lipinski definition) is 2. The number of hydrogen-bond acceptors (Lipinski definition) is 3. The zero-order valence-corrected chi connectivity index (χ0v) is 16.0. The fraction of sp³-hybridized carbons (Fsp3) is 0.238. The first-order valence-electron chi connectivity index (χ1n) is 8.68. The number of nitrogens with one attached hydrogen (secondary N) is 2. The van der Waals surface area contributed by atoms with Gasteiger partial charge in [0.1, 0.15) is 5.75 Å². The van der Waals surface area contributed by atoms with E-state index in [9.17, 15) is 9.59 Å². The van der Waals surface area contributed by atoms with E-state index >= 15 is 0 Å². The number of ether oxygens (including phenoxy) is 1. The van der Waals surface area contributed by atoms with Crippen molar-refractivity contribution in [3.8, 4) is 5.75 Å². The minimum Gasteiger partial charge on any atom is -0.495 e. The van der Waals surface area contributed by atoms with E-state index in [2.05, 4.69) is 10.3 Å². The Kier molecular flexibility index (Phi) is 5.81. The largest absolute Gasteiger partial charge is 0.495 e. The molecule has 0 spiro atoms. The average Bonchev–Trinajstić information content (AvgIpc) is 2.65. The molecule has 6 heteroatoms. The molecule has 0 saturated carbocycles. The minimum absolute atomic E-state index is 0.0904. The number of carbonyl (C=O) groups excluding carboxylic acids is 1. The Morgan fingerprint density at radius 1 is 1.19 bits per heavy atom. The van der Waals surface area contributed by atoms with Crippen LogP contribution in [0, 0.1) is 6.92 Å². The van der Waals surface area contributed by atoms with Crippen LogP contribution in [0.3, 0.4) is 0 Å². The van der Waals surface area contributed by atoms with Gasteiger partial charge in [-0.3, -0.25) is 9.59 Å². The standard InChI is InChI=1S/C21H21ClN2O3/c1-13-3-8-18(27-2)20-17(13)12-15(21(26)24-20)9-10-23-19(25)11-14-4-6-16(22)7-5-14/h3-8,12H,9-11H2,1-2H3,(H,23,25)(H,24,26). The van der Waals surface area contributed by atoms with Crippen LogP contribution in [0.1, 0.15) is 16.7 Å². The van der Waals surface area contributed by atoms with Gasteiger partial charge in [0.25, 0.3) is 5.56 Å². The lowest BCUT2D eigenvalue weighted by Gasteiger charge is -2.10. The maximum Gasteiger partial charge on any atom is 0.251 e. The second-order valence-corrected chi connectivity index (χ2v) is 6.84. The van der Waals surface area contributed by atoms with Crippen molar-refractivity contribution in [3.05, 3.63) is 74.5 Å². The van der Waals surface area contributed by atoms with Gasteiger partial charge in [0.2, 0.25) is 5.91 Å². The summed E-state index contributed by atoms with van der Waals surface area (Å²) >= 11 is 5.85. The molecule has 0 fully saturated rings. The van der Waals surface area contributed by atoms with Gasteiger partial charge in [0, 0.05) is 22.5 Å². The molecule has 1 aromatic heterocycles. The van der Waals surface area contributed by atoms with Gasteiger partial charge in [-0.05, 0) is 48.7 Å². The molecule has 2 aromatic carbocycles. The highest BCUT2D eigenvalue weighted by atomic mass is 35.5. The third-order valence-corrected chi connectivity index (χ3v) is 4.74. The van der Waals surface area contributed by atoms with Crippen LogP contribution in [0.2, 0.25) is 5.02 Å². The molecule has 5 nitrogen and oxygen atoms in total. The first-order valence-corrected chi connectivity index (χ1v) is 9.06. The SMILES string of the molecule is COc1ccc(C)c2cc(CCNC(=O)Cc3ccc(Cl)cc3)c(=O)[nH]c12. The molecule has 1 heterocycles. The lowest BCUT2D eigenvalue weighted by atomic mass is 10.1. The molecule has 0 unspecified atom stereocenters. The maximum absolute atomic E-state index is 12.4. The molecule has 0 aliphatic rings. The molecule has 0 aliphatic carbocycles. The first-order chi connectivity index (χ1) is 13.0. The van der Waals surface area contributed by atoms with Crippen LogP contribution in [0.15, 0.2) is 47.3 Å². The van der Waals surface area contributed by atoms with Crippen LogP contribution in [0.4, 0.5) is 0 Å². The summed E-state index contributed by atoms with van der Waals surface area (Å²) in [6.07, 6.45) is 0.732. The van der Waals surface area contributed by atoms with E-state index in [4.69, 9.17) is 16.3 Å². The van der Waals surface area contributed by atoms with Crippen molar-refractivity contribution in [3.63, 3.8) is 0 Å². The van der Waals surface area contributed by atoms with Crippen molar-refractivity contribution in [2.75, 3.05) is 13.7 Å². The summed E-state index contributed by atoms with van der Waals surface area (Å²) in [5.41, 5.74) is 3.10. The third-order valence-electron chi connectivity index (χ3n) is 4.49. The van der Waals surface area contributed by atoms with Crippen LogP contribution >= 0.6 is 11.6 Å². The number of halogens is 1. The summed E-state index contributed by atoms with van der Waals surface area (Å²) in [7, 11) is 1.58. The number of aromatic nitrogens is 1. The highest BCUT2D eigenvalue weighted by Crippen LogP contribution is 2.25. The van der Waals surface area contributed by atoms with Gasteiger partial charge in [-0.25, -0.2) is 0 Å². The number of fused-ring (bicyclic) bond motifs is 1. The van der Waals surface area contributed by atoms with E-state index in [1.54, 1.807) is 19.2 Å². The molecular weight excluding hydrogens is 364 g/mol. The smallest absolute Gasteiger partial charge is 0.251 e. The fourth-order valence-electron chi connectivity index (χ4n) is 2.99. The highest BCUT2D eigenvalue weighted by Gasteiger charge is 2.10. The molecular formula is C21H21ClN2O3. The quantitative estimate of drug-likeness (QED) is 0.684. The Morgan fingerprint density at radius 3 is 2.63 bits per heavy atom. The number of aromatic amines is 1. The summed E-state index contributed by atoms with van der Waals surface area (Å²) in [4.78, 5) is 27.3. The molecule has 3 aromatic rings. The van der Waals surface area contributed by atoms with Crippen LogP contribution in [0.5, 0.6) is 5.75 Å². The lowest BCUT2D eigenvalue weighted by molar-refractivity contribution is -0.120. The van der Waals surface area contributed by atoms with Crippen molar-refractivity contribution in [1.82, 2.24) is 10.3 Å². The molecule has 1 amide bonds. The van der Waals surface area contributed by atoms with Gasteiger partial charge in [-0.2, -0.15) is 0 Å². The number of methoxy groups -OCH3 is 1. The second kappa shape index (κ2) is 8.27. The van der Waals surface area contributed by atoms with Crippen LogP contribution in [-0.4, -0.2) is 24.5 Å². The number of H-pyrrole nitrogens is 1. The fourth-order valence-corrected chi connectivity index (χ4v) is 3.12. The van der Waals surface area contributed by atoms with E-state index < -0.39 is 0 Å². The molecule has 0 radical (unpaired) electrons. The van der Waals surface area contributed by atoms with Crippen molar-refractivity contribution >= 4 is 28.4 Å². The summed E-state index contributed by atoms with van der Waals surface area (Å²) in [5, 5.41) is 4.44. The molecule has 27 heavy (non-hydrogen) atoms. The minimum atomic E-state index is -0.168. The van der Waals surface area contributed by atoms with E-state index in [1.807, 2.05) is 37.3 Å². The Balaban J connectivity index is 1.67. The zero-order chi connectivity index (χ0) is 19.4. The topological polar surface area (TPSA) is 71.2 Å². The van der Waals surface area contributed by atoms with Gasteiger partial charge < -0.3 is 15.0 Å². The first kappa shape index (κ1) is 19.0. The second-order valence-electron chi connectivity index (χ2n) is 6.40. The Labute approximate surface area is 162 Å². The van der Waals surface area contributed by atoms with Crippen molar-refractivity contribution in [1.29, 1.82) is 0 Å². The van der Waals surface area contributed by atoms with Gasteiger partial charge in [0.15, 0.2) is 0 Å². The van der Waals surface area contributed by atoms with Crippen LogP contribution < -0.4 is 15.6 Å². The summed E-state index contributed by atoms with van der Waals surface area (Å²) in [5.74, 6) is 0.544. The molecule has 140 valence electrons. The van der Waals surface area contributed by atoms with E-state index in [1.165, 1.54) is 0 Å². The summed E-state index contributed by atoms with van der Waals surface area (Å²) in [6.45, 7) is 2.38. The number of amides is 1. The van der Waals surface area contributed by atoms with Gasteiger partial charge in [-0.15, -0.1) is 0 Å². The third kappa shape index (κ3) is 4.49.